The molecule has 1 aromatic heterocycles. The molecule has 16 heavy (non-hydrogen) atoms. The van der Waals surface area contributed by atoms with Crippen molar-refractivity contribution in [3.05, 3.63) is 35.7 Å². The molecule has 0 unspecified atom stereocenters. The number of nitrogens with zero attached hydrogens (tertiary/aromatic N) is 1. The molecule has 84 valence electrons. The number of methoxy groups -OCH3 is 1. The number of rotatable bonds is 3. The summed E-state index contributed by atoms with van der Waals surface area (Å²) in [4.78, 5) is 7.31. The van der Waals surface area contributed by atoms with E-state index in [1.807, 2.05) is 32.0 Å². The Morgan fingerprint density at radius 3 is 2.75 bits per heavy atom. The summed E-state index contributed by atoms with van der Waals surface area (Å²) in [6.45, 7) is 4.00. The van der Waals surface area contributed by atoms with Crippen molar-refractivity contribution in [2.75, 3.05) is 12.4 Å². The maximum Gasteiger partial charge on any atom is 0.204 e. The van der Waals surface area contributed by atoms with Crippen LogP contribution in [0, 0.1) is 13.8 Å². The van der Waals surface area contributed by atoms with E-state index in [1.54, 1.807) is 13.3 Å². The summed E-state index contributed by atoms with van der Waals surface area (Å²) in [6, 6.07) is 5.97. The zero-order valence-corrected chi connectivity index (χ0v) is 9.66. The van der Waals surface area contributed by atoms with Crippen molar-refractivity contribution in [2.45, 2.75) is 13.8 Å². The van der Waals surface area contributed by atoms with Crippen molar-refractivity contribution >= 4 is 11.6 Å². The Balaban J connectivity index is 2.29. The van der Waals surface area contributed by atoms with Crippen molar-refractivity contribution in [3.63, 3.8) is 0 Å². The molecule has 0 atom stereocenters. The number of benzene rings is 1. The van der Waals surface area contributed by atoms with E-state index in [4.69, 9.17) is 4.74 Å². The number of nitrogens with one attached hydrogen (secondary N) is 2. The molecule has 0 radical (unpaired) electrons. The van der Waals surface area contributed by atoms with Crippen molar-refractivity contribution in [3.8, 4) is 5.75 Å². The van der Waals surface area contributed by atoms with E-state index < -0.39 is 0 Å². The van der Waals surface area contributed by atoms with E-state index in [1.165, 1.54) is 5.56 Å². The first-order valence-corrected chi connectivity index (χ1v) is 5.12. The largest absolute Gasteiger partial charge is 0.495 e. The molecule has 1 heterocycles. The van der Waals surface area contributed by atoms with Gasteiger partial charge in [0.05, 0.1) is 12.8 Å². The molecule has 0 aliphatic carbocycles. The maximum atomic E-state index is 5.28. The Labute approximate surface area is 94.7 Å². The zero-order valence-electron chi connectivity index (χ0n) is 9.66. The Hall–Kier alpha value is -1.97. The number of aromatic amines is 1. The second-order valence-corrected chi connectivity index (χ2v) is 3.74. The highest BCUT2D eigenvalue weighted by Crippen LogP contribution is 2.27. The first-order chi connectivity index (χ1) is 7.69. The van der Waals surface area contributed by atoms with Crippen LogP contribution in [0.4, 0.5) is 11.6 Å². The first-order valence-electron chi connectivity index (χ1n) is 5.12. The highest BCUT2D eigenvalue weighted by Gasteiger charge is 2.04. The van der Waals surface area contributed by atoms with Crippen LogP contribution in [0.5, 0.6) is 5.75 Å². The number of H-pyrrole nitrogens is 1. The number of ether oxygens (including phenoxy) is 1. The molecular weight excluding hydrogens is 202 g/mol. The molecule has 0 saturated carbocycles. The second kappa shape index (κ2) is 4.26. The third-order valence-electron chi connectivity index (χ3n) is 2.31. The minimum atomic E-state index is 0.724. The van der Waals surface area contributed by atoms with Gasteiger partial charge in [-0.05, 0) is 31.5 Å². The van der Waals surface area contributed by atoms with Crippen molar-refractivity contribution in [1.29, 1.82) is 0 Å². The van der Waals surface area contributed by atoms with Crippen LogP contribution in [-0.2, 0) is 0 Å². The summed E-state index contributed by atoms with van der Waals surface area (Å²) >= 11 is 0. The van der Waals surface area contributed by atoms with Crippen LogP contribution < -0.4 is 10.1 Å². The van der Waals surface area contributed by atoms with Crippen molar-refractivity contribution in [1.82, 2.24) is 9.97 Å². The van der Waals surface area contributed by atoms with Crippen molar-refractivity contribution < 1.29 is 4.74 Å². The van der Waals surface area contributed by atoms with Crippen LogP contribution in [0.3, 0.4) is 0 Å². The predicted molar refractivity (Wildman–Crippen MR) is 64.3 cm³/mol. The molecule has 0 aliphatic rings. The number of anilines is 2. The lowest BCUT2D eigenvalue weighted by Gasteiger charge is -2.09. The molecule has 2 N–H and O–H groups in total. The quantitative estimate of drug-likeness (QED) is 0.831. The lowest BCUT2D eigenvalue weighted by molar-refractivity contribution is 0.416. The molecule has 4 nitrogen and oxygen atoms in total. The Bertz CT molecular complexity index is 491. The molecule has 0 amide bonds. The fourth-order valence-corrected chi connectivity index (χ4v) is 1.52. The second-order valence-electron chi connectivity index (χ2n) is 3.74. The van der Waals surface area contributed by atoms with Crippen LogP contribution >= 0.6 is 0 Å². The lowest BCUT2D eigenvalue weighted by Crippen LogP contribution is -1.96. The standard InChI is InChI=1S/C12H15N3O/c1-8-4-5-11(16-3)10(6-8)15-12-13-7-9(2)14-12/h4-7H,1-3H3,(H2,13,14,15). The average molecular weight is 217 g/mol. The first kappa shape index (κ1) is 10.5. The van der Waals surface area contributed by atoms with Crippen LogP contribution in [0.15, 0.2) is 24.4 Å². The highest BCUT2D eigenvalue weighted by molar-refractivity contribution is 5.63. The zero-order chi connectivity index (χ0) is 11.5. The predicted octanol–water partition coefficient (Wildman–Crippen LogP) is 2.78. The number of hydrogen-bond donors (Lipinski definition) is 2. The molecule has 0 bridgehead atoms. The monoisotopic (exact) mass is 217 g/mol. The molecule has 2 rings (SSSR count). The van der Waals surface area contributed by atoms with Gasteiger partial charge in [-0.15, -0.1) is 0 Å². The SMILES string of the molecule is COc1ccc(C)cc1Nc1ncc(C)[nH]1. The minimum Gasteiger partial charge on any atom is -0.495 e. The third kappa shape index (κ3) is 2.16. The number of aryl methyl sites for hydroxylation is 2. The molecule has 1 aromatic carbocycles. The Kier molecular flexibility index (Phi) is 2.81. The minimum absolute atomic E-state index is 0.724. The summed E-state index contributed by atoms with van der Waals surface area (Å²) in [5, 5.41) is 3.19. The maximum absolute atomic E-state index is 5.28. The molecule has 4 heteroatoms. The third-order valence-corrected chi connectivity index (χ3v) is 2.31. The summed E-state index contributed by atoms with van der Waals surface area (Å²) in [6.07, 6.45) is 1.78. The van der Waals surface area contributed by atoms with Crippen LogP contribution in [-0.4, -0.2) is 17.1 Å². The smallest absolute Gasteiger partial charge is 0.204 e. The molecule has 0 saturated heterocycles. The fourth-order valence-electron chi connectivity index (χ4n) is 1.52. The molecule has 0 aliphatic heterocycles. The number of aromatic nitrogens is 2. The van der Waals surface area contributed by atoms with E-state index in [9.17, 15) is 0 Å². The topological polar surface area (TPSA) is 49.9 Å². The van der Waals surface area contributed by atoms with Crippen LogP contribution in [0.25, 0.3) is 0 Å². The van der Waals surface area contributed by atoms with Gasteiger partial charge in [0.15, 0.2) is 0 Å². The van der Waals surface area contributed by atoms with Gasteiger partial charge in [0.25, 0.3) is 0 Å². The lowest BCUT2D eigenvalue weighted by atomic mass is 10.2. The Morgan fingerprint density at radius 2 is 2.12 bits per heavy atom. The normalized spacial score (nSPS) is 10.2. The van der Waals surface area contributed by atoms with Gasteiger partial charge in [-0.25, -0.2) is 4.98 Å². The molecule has 0 spiro atoms. The van der Waals surface area contributed by atoms with Gasteiger partial charge in [0, 0.05) is 11.9 Å². The summed E-state index contributed by atoms with van der Waals surface area (Å²) < 4.78 is 5.28. The molecular formula is C12H15N3O. The summed E-state index contributed by atoms with van der Waals surface area (Å²) in [5.41, 5.74) is 3.11. The Morgan fingerprint density at radius 1 is 1.31 bits per heavy atom. The van der Waals surface area contributed by atoms with E-state index in [0.717, 1.165) is 23.1 Å². The molecule has 0 fully saturated rings. The van der Waals surface area contributed by atoms with E-state index in [2.05, 4.69) is 15.3 Å². The van der Waals surface area contributed by atoms with Crippen molar-refractivity contribution in [2.24, 2.45) is 0 Å². The highest BCUT2D eigenvalue weighted by atomic mass is 16.5. The summed E-state index contributed by atoms with van der Waals surface area (Å²) in [5.74, 6) is 1.53. The van der Waals surface area contributed by atoms with E-state index in [-0.39, 0.29) is 0 Å². The van der Waals surface area contributed by atoms with Gasteiger partial charge in [0.2, 0.25) is 5.95 Å². The van der Waals surface area contributed by atoms with Gasteiger partial charge >= 0.3 is 0 Å². The van der Waals surface area contributed by atoms with Crippen LogP contribution in [0.1, 0.15) is 11.3 Å². The van der Waals surface area contributed by atoms with Gasteiger partial charge in [-0.1, -0.05) is 6.07 Å². The van der Waals surface area contributed by atoms with Gasteiger partial charge in [-0.3, -0.25) is 0 Å². The van der Waals surface area contributed by atoms with Gasteiger partial charge in [-0.2, -0.15) is 0 Å². The molecule has 2 aromatic rings. The van der Waals surface area contributed by atoms with Gasteiger partial charge in [0.1, 0.15) is 5.75 Å². The number of hydrogen-bond acceptors (Lipinski definition) is 3. The summed E-state index contributed by atoms with van der Waals surface area (Å²) in [7, 11) is 1.66. The fraction of sp³-hybridized carbons (Fsp3) is 0.250. The van der Waals surface area contributed by atoms with E-state index >= 15 is 0 Å². The van der Waals surface area contributed by atoms with E-state index in [0.29, 0.717) is 0 Å². The van der Waals surface area contributed by atoms with Crippen LogP contribution in [0.2, 0.25) is 0 Å². The number of imidazole rings is 1. The average Bonchev–Trinajstić information content (AvgIpc) is 2.64. The van der Waals surface area contributed by atoms with Gasteiger partial charge < -0.3 is 15.0 Å².